The standard InChI is InChI=1S/C26H24O5/c27-24-19-25(30-17-15-28-20-9-3-1-4-10-20)22-13-7-8-14-23(22)26(24)31-18-16-29-21-11-5-2-6-12-21/h1-14,19,27H,15-18H2. The molecule has 0 saturated carbocycles. The topological polar surface area (TPSA) is 57.2 Å². The van der Waals surface area contributed by atoms with E-state index in [1.54, 1.807) is 6.07 Å². The maximum Gasteiger partial charge on any atom is 0.169 e. The lowest BCUT2D eigenvalue weighted by atomic mass is 10.1. The molecule has 158 valence electrons. The van der Waals surface area contributed by atoms with E-state index in [0.29, 0.717) is 37.9 Å². The minimum Gasteiger partial charge on any atom is -0.504 e. The number of phenols is 1. The van der Waals surface area contributed by atoms with E-state index in [-0.39, 0.29) is 5.75 Å². The Morgan fingerprint density at radius 2 is 1.00 bits per heavy atom. The fraction of sp³-hybridized carbons (Fsp3) is 0.154. The van der Waals surface area contributed by atoms with E-state index < -0.39 is 0 Å². The normalized spacial score (nSPS) is 10.6. The van der Waals surface area contributed by atoms with E-state index in [4.69, 9.17) is 18.9 Å². The third-order valence-electron chi connectivity index (χ3n) is 4.63. The Kier molecular flexibility index (Phi) is 6.75. The Morgan fingerprint density at radius 1 is 0.516 bits per heavy atom. The van der Waals surface area contributed by atoms with Gasteiger partial charge in [0, 0.05) is 16.8 Å². The van der Waals surface area contributed by atoms with Gasteiger partial charge in [-0.2, -0.15) is 0 Å². The van der Waals surface area contributed by atoms with Gasteiger partial charge >= 0.3 is 0 Å². The van der Waals surface area contributed by atoms with Crippen molar-refractivity contribution in [2.45, 2.75) is 0 Å². The summed E-state index contributed by atoms with van der Waals surface area (Å²) in [4.78, 5) is 0. The molecule has 0 bridgehead atoms. The fourth-order valence-electron chi connectivity index (χ4n) is 3.22. The predicted octanol–water partition coefficient (Wildman–Crippen LogP) is 5.46. The van der Waals surface area contributed by atoms with Crippen LogP contribution in [0.15, 0.2) is 91.0 Å². The number of para-hydroxylation sites is 2. The number of benzene rings is 4. The first-order valence-electron chi connectivity index (χ1n) is 10.2. The first-order valence-corrected chi connectivity index (χ1v) is 10.2. The molecule has 4 rings (SSSR count). The van der Waals surface area contributed by atoms with Crippen molar-refractivity contribution in [2.75, 3.05) is 26.4 Å². The lowest BCUT2D eigenvalue weighted by Gasteiger charge is -2.15. The first-order chi connectivity index (χ1) is 15.3. The van der Waals surface area contributed by atoms with Gasteiger partial charge in [-0.05, 0) is 24.3 Å². The van der Waals surface area contributed by atoms with Crippen molar-refractivity contribution in [1.29, 1.82) is 0 Å². The van der Waals surface area contributed by atoms with Gasteiger partial charge in [0.2, 0.25) is 0 Å². The predicted molar refractivity (Wildman–Crippen MR) is 120 cm³/mol. The van der Waals surface area contributed by atoms with Crippen molar-refractivity contribution in [3.8, 4) is 28.7 Å². The molecular formula is C26H24O5. The zero-order chi connectivity index (χ0) is 21.3. The second-order valence-corrected chi connectivity index (χ2v) is 6.79. The Labute approximate surface area is 181 Å². The molecule has 0 saturated heterocycles. The third-order valence-corrected chi connectivity index (χ3v) is 4.63. The Hall–Kier alpha value is -3.86. The molecule has 0 aliphatic rings. The molecule has 0 aromatic heterocycles. The van der Waals surface area contributed by atoms with Crippen LogP contribution in [0.3, 0.4) is 0 Å². The van der Waals surface area contributed by atoms with E-state index in [1.807, 2.05) is 84.9 Å². The zero-order valence-electron chi connectivity index (χ0n) is 17.1. The van der Waals surface area contributed by atoms with Crippen LogP contribution in [0.1, 0.15) is 0 Å². The number of rotatable bonds is 10. The molecular weight excluding hydrogens is 392 g/mol. The number of ether oxygens (including phenoxy) is 4. The molecule has 0 aliphatic heterocycles. The Balaban J connectivity index is 1.39. The number of phenolic OH excluding ortho intramolecular Hbond substituents is 1. The van der Waals surface area contributed by atoms with Crippen molar-refractivity contribution >= 4 is 10.8 Å². The summed E-state index contributed by atoms with van der Waals surface area (Å²) in [5, 5.41) is 12.2. The van der Waals surface area contributed by atoms with Crippen LogP contribution in [-0.2, 0) is 0 Å². The quantitative estimate of drug-likeness (QED) is 0.348. The monoisotopic (exact) mass is 416 g/mol. The maximum atomic E-state index is 10.6. The smallest absolute Gasteiger partial charge is 0.169 e. The molecule has 1 N–H and O–H groups in total. The van der Waals surface area contributed by atoms with Crippen LogP contribution in [0.5, 0.6) is 28.7 Å². The van der Waals surface area contributed by atoms with Crippen LogP contribution in [-0.4, -0.2) is 31.5 Å². The Bertz CT molecular complexity index is 1100. The van der Waals surface area contributed by atoms with Gasteiger partial charge in [0.15, 0.2) is 11.5 Å². The SMILES string of the molecule is Oc1cc(OCCOc2ccccc2)c2ccccc2c1OCCOc1ccccc1. The van der Waals surface area contributed by atoms with Gasteiger partial charge in [0.1, 0.15) is 43.7 Å². The van der Waals surface area contributed by atoms with Gasteiger partial charge in [-0.3, -0.25) is 0 Å². The first kappa shape index (κ1) is 20.4. The molecule has 0 radical (unpaired) electrons. The number of hydrogen-bond acceptors (Lipinski definition) is 5. The molecule has 0 fully saturated rings. The summed E-state index contributed by atoms with van der Waals surface area (Å²) < 4.78 is 23.1. The fourth-order valence-corrected chi connectivity index (χ4v) is 3.22. The van der Waals surface area contributed by atoms with Crippen molar-refractivity contribution < 1.29 is 24.1 Å². The van der Waals surface area contributed by atoms with Crippen LogP contribution in [0.25, 0.3) is 10.8 Å². The minimum atomic E-state index is 0.0254. The molecule has 0 aliphatic carbocycles. The molecule has 0 atom stereocenters. The summed E-state index contributed by atoms with van der Waals surface area (Å²) in [5.74, 6) is 2.59. The van der Waals surface area contributed by atoms with Gasteiger partial charge in [-0.15, -0.1) is 0 Å². The van der Waals surface area contributed by atoms with Gasteiger partial charge in [0.25, 0.3) is 0 Å². The van der Waals surface area contributed by atoms with Gasteiger partial charge < -0.3 is 24.1 Å². The second kappa shape index (κ2) is 10.3. The van der Waals surface area contributed by atoms with E-state index in [9.17, 15) is 5.11 Å². The van der Waals surface area contributed by atoms with E-state index in [1.165, 1.54) is 0 Å². The maximum absolute atomic E-state index is 10.6. The minimum absolute atomic E-state index is 0.0254. The Morgan fingerprint density at radius 3 is 1.61 bits per heavy atom. The average Bonchev–Trinajstić information content (AvgIpc) is 2.82. The zero-order valence-corrected chi connectivity index (χ0v) is 17.1. The molecule has 0 unspecified atom stereocenters. The number of fused-ring (bicyclic) bond motifs is 1. The van der Waals surface area contributed by atoms with Crippen LogP contribution in [0.4, 0.5) is 0 Å². The van der Waals surface area contributed by atoms with Gasteiger partial charge in [0.05, 0.1) is 0 Å². The lowest BCUT2D eigenvalue weighted by molar-refractivity contribution is 0.211. The molecule has 4 aromatic carbocycles. The summed E-state index contributed by atoms with van der Waals surface area (Å²) in [6, 6.07) is 28.4. The molecule has 31 heavy (non-hydrogen) atoms. The van der Waals surface area contributed by atoms with Crippen LogP contribution in [0, 0.1) is 0 Å². The highest BCUT2D eigenvalue weighted by Crippen LogP contribution is 2.40. The van der Waals surface area contributed by atoms with Crippen molar-refractivity contribution in [2.24, 2.45) is 0 Å². The largest absolute Gasteiger partial charge is 0.504 e. The van der Waals surface area contributed by atoms with Gasteiger partial charge in [-0.25, -0.2) is 0 Å². The summed E-state index contributed by atoms with van der Waals surface area (Å²) >= 11 is 0. The van der Waals surface area contributed by atoms with E-state index >= 15 is 0 Å². The molecule has 0 heterocycles. The summed E-state index contributed by atoms with van der Waals surface area (Å²) in [6.07, 6.45) is 0. The highest BCUT2D eigenvalue weighted by Gasteiger charge is 2.14. The van der Waals surface area contributed by atoms with Crippen LogP contribution < -0.4 is 18.9 Å². The van der Waals surface area contributed by atoms with Crippen molar-refractivity contribution in [3.05, 3.63) is 91.0 Å². The summed E-state index contributed by atoms with van der Waals surface area (Å²) in [5.41, 5.74) is 0. The average molecular weight is 416 g/mol. The van der Waals surface area contributed by atoms with E-state index in [2.05, 4.69) is 0 Å². The molecule has 5 heteroatoms. The molecule has 5 nitrogen and oxygen atoms in total. The highest BCUT2D eigenvalue weighted by atomic mass is 16.5. The number of aromatic hydroxyl groups is 1. The van der Waals surface area contributed by atoms with Crippen molar-refractivity contribution in [1.82, 2.24) is 0 Å². The number of hydrogen-bond donors (Lipinski definition) is 1. The van der Waals surface area contributed by atoms with Crippen LogP contribution in [0.2, 0.25) is 0 Å². The lowest BCUT2D eigenvalue weighted by Crippen LogP contribution is -2.10. The van der Waals surface area contributed by atoms with Crippen LogP contribution >= 0.6 is 0 Å². The third kappa shape index (κ3) is 5.39. The second-order valence-electron chi connectivity index (χ2n) is 6.79. The van der Waals surface area contributed by atoms with Crippen molar-refractivity contribution in [3.63, 3.8) is 0 Å². The molecule has 0 amide bonds. The summed E-state index contributed by atoms with van der Waals surface area (Å²) in [7, 11) is 0. The summed E-state index contributed by atoms with van der Waals surface area (Å²) in [6.45, 7) is 1.42. The highest BCUT2D eigenvalue weighted by molar-refractivity contribution is 5.95. The van der Waals surface area contributed by atoms with E-state index in [0.717, 1.165) is 22.3 Å². The van der Waals surface area contributed by atoms with Gasteiger partial charge in [-0.1, -0.05) is 60.7 Å². The molecule has 4 aromatic rings. The molecule has 0 spiro atoms.